The van der Waals surface area contributed by atoms with Crippen LogP contribution in [0.5, 0.6) is 0 Å². The van der Waals surface area contributed by atoms with Crippen molar-refractivity contribution >= 4 is 65.6 Å². The van der Waals surface area contributed by atoms with E-state index in [0.717, 1.165) is 99.2 Å². The van der Waals surface area contributed by atoms with Gasteiger partial charge in [-0.2, -0.15) is 0 Å². The summed E-state index contributed by atoms with van der Waals surface area (Å²) in [7, 11) is 0. The van der Waals surface area contributed by atoms with E-state index in [1.165, 1.54) is 0 Å². The van der Waals surface area contributed by atoms with E-state index in [2.05, 4.69) is 149 Å². The predicted molar refractivity (Wildman–Crippen MR) is 232 cm³/mol. The molecule has 12 rings (SSSR count). The van der Waals surface area contributed by atoms with Gasteiger partial charge in [0.1, 0.15) is 5.52 Å². The standard InChI is InChI=1S/C51H31N5O/c1-4-14-32(15-5-1)49-38-21-10-12-22-42(38)53-51(54-49)56-44-23-13-11-20-37(44)39-28-34(25-27-46(39)56)35-24-26-45-40(29-35)41-30-48-43(52-50(57-48)33-16-6-2-7-17-33)31-47(41)55(45)36-18-8-3-9-19-36/h1-31H. The molecule has 12 aromatic rings. The predicted octanol–water partition coefficient (Wildman–Crippen LogP) is 13.0. The zero-order valence-corrected chi connectivity index (χ0v) is 30.5. The molecule has 0 fully saturated rings. The maximum Gasteiger partial charge on any atom is 0.235 e. The molecule has 0 atom stereocenters. The number of benzene rings is 8. The lowest BCUT2D eigenvalue weighted by Gasteiger charge is -2.12. The van der Waals surface area contributed by atoms with Gasteiger partial charge in [0.2, 0.25) is 11.8 Å². The normalized spacial score (nSPS) is 11.9. The highest BCUT2D eigenvalue weighted by Gasteiger charge is 2.20. The van der Waals surface area contributed by atoms with Crippen molar-refractivity contribution in [2.24, 2.45) is 0 Å². The molecule has 0 saturated heterocycles. The van der Waals surface area contributed by atoms with Crippen LogP contribution in [0, 0.1) is 0 Å². The summed E-state index contributed by atoms with van der Waals surface area (Å²) in [6, 6.07) is 65.6. The van der Waals surface area contributed by atoms with E-state index in [1.54, 1.807) is 0 Å². The fraction of sp³-hybridized carbons (Fsp3) is 0. The van der Waals surface area contributed by atoms with Gasteiger partial charge in [0.25, 0.3) is 0 Å². The van der Waals surface area contributed by atoms with Gasteiger partial charge in [0, 0.05) is 43.7 Å². The molecule has 0 unspecified atom stereocenters. The van der Waals surface area contributed by atoms with Crippen molar-refractivity contribution in [3.63, 3.8) is 0 Å². The van der Waals surface area contributed by atoms with Gasteiger partial charge in [-0.15, -0.1) is 0 Å². The largest absolute Gasteiger partial charge is 0.436 e. The first-order chi connectivity index (χ1) is 28.2. The van der Waals surface area contributed by atoms with Gasteiger partial charge in [-0.25, -0.2) is 15.0 Å². The zero-order valence-electron chi connectivity index (χ0n) is 30.5. The molecule has 0 amide bonds. The van der Waals surface area contributed by atoms with Crippen molar-refractivity contribution in [2.45, 2.75) is 0 Å². The summed E-state index contributed by atoms with van der Waals surface area (Å²) in [4.78, 5) is 15.3. The van der Waals surface area contributed by atoms with Gasteiger partial charge in [-0.3, -0.25) is 4.57 Å². The minimum Gasteiger partial charge on any atom is -0.436 e. The highest BCUT2D eigenvalue weighted by atomic mass is 16.3. The van der Waals surface area contributed by atoms with Gasteiger partial charge in [-0.05, 0) is 83.9 Å². The first-order valence-corrected chi connectivity index (χ1v) is 19.1. The van der Waals surface area contributed by atoms with Gasteiger partial charge in [0.15, 0.2) is 5.58 Å². The number of hydrogen-bond acceptors (Lipinski definition) is 4. The number of rotatable bonds is 5. The maximum absolute atomic E-state index is 6.39. The molecule has 0 aliphatic heterocycles. The lowest BCUT2D eigenvalue weighted by molar-refractivity contribution is 0.620. The van der Waals surface area contributed by atoms with Crippen LogP contribution in [0.15, 0.2) is 192 Å². The molecular formula is C51H31N5O. The van der Waals surface area contributed by atoms with Crippen LogP contribution >= 0.6 is 0 Å². The summed E-state index contributed by atoms with van der Waals surface area (Å²) in [6.07, 6.45) is 0. The number of oxazole rings is 1. The summed E-state index contributed by atoms with van der Waals surface area (Å²) in [5.41, 5.74) is 13.1. The molecular weight excluding hydrogens is 699 g/mol. The molecule has 0 bridgehead atoms. The Morgan fingerprint density at radius 2 is 0.930 bits per heavy atom. The maximum atomic E-state index is 6.39. The molecule has 6 nitrogen and oxygen atoms in total. The average molecular weight is 730 g/mol. The molecule has 57 heavy (non-hydrogen) atoms. The Labute approximate surface area is 326 Å². The van der Waals surface area contributed by atoms with Crippen LogP contribution in [0.25, 0.3) is 111 Å². The van der Waals surface area contributed by atoms with E-state index < -0.39 is 0 Å². The minimum atomic E-state index is 0.618. The van der Waals surface area contributed by atoms with Crippen molar-refractivity contribution in [1.29, 1.82) is 0 Å². The Morgan fingerprint density at radius 1 is 0.351 bits per heavy atom. The highest BCUT2D eigenvalue weighted by molar-refractivity contribution is 6.14. The zero-order chi connectivity index (χ0) is 37.5. The number of nitrogens with zero attached hydrogens (tertiary/aromatic N) is 5. The van der Waals surface area contributed by atoms with Crippen LogP contribution in [0.3, 0.4) is 0 Å². The minimum absolute atomic E-state index is 0.618. The molecule has 0 N–H and O–H groups in total. The number of fused-ring (bicyclic) bond motifs is 8. The Kier molecular flexibility index (Phi) is 6.83. The lowest BCUT2D eigenvalue weighted by Crippen LogP contribution is -2.03. The Morgan fingerprint density at radius 3 is 1.68 bits per heavy atom. The molecule has 266 valence electrons. The lowest BCUT2D eigenvalue weighted by atomic mass is 10.0. The smallest absolute Gasteiger partial charge is 0.235 e. The van der Waals surface area contributed by atoms with E-state index in [0.29, 0.717) is 11.8 Å². The van der Waals surface area contributed by atoms with Crippen LogP contribution in [0.4, 0.5) is 0 Å². The third-order valence-corrected chi connectivity index (χ3v) is 11.2. The molecule has 4 aromatic heterocycles. The Bertz CT molecular complexity index is 3510. The number of hydrogen-bond donors (Lipinski definition) is 0. The van der Waals surface area contributed by atoms with Crippen LogP contribution in [0.2, 0.25) is 0 Å². The molecule has 0 saturated carbocycles. The second-order valence-corrected chi connectivity index (χ2v) is 14.5. The monoisotopic (exact) mass is 729 g/mol. The van der Waals surface area contributed by atoms with Crippen molar-refractivity contribution in [3.05, 3.63) is 188 Å². The fourth-order valence-corrected chi connectivity index (χ4v) is 8.53. The van der Waals surface area contributed by atoms with E-state index in [-0.39, 0.29) is 0 Å². The van der Waals surface area contributed by atoms with Crippen LogP contribution in [-0.2, 0) is 0 Å². The first-order valence-electron chi connectivity index (χ1n) is 19.1. The van der Waals surface area contributed by atoms with Crippen molar-refractivity contribution in [3.8, 4) is 45.5 Å². The summed E-state index contributed by atoms with van der Waals surface area (Å²) in [5, 5.41) is 5.58. The quantitative estimate of drug-likeness (QED) is 0.177. The molecule has 8 aromatic carbocycles. The second kappa shape index (κ2) is 12.3. The van der Waals surface area contributed by atoms with E-state index in [1.807, 2.05) is 48.5 Å². The average Bonchev–Trinajstić information content (AvgIpc) is 3.95. The summed E-state index contributed by atoms with van der Waals surface area (Å²) in [5.74, 6) is 1.27. The molecule has 6 heteroatoms. The van der Waals surface area contributed by atoms with E-state index in [4.69, 9.17) is 19.4 Å². The summed E-state index contributed by atoms with van der Waals surface area (Å²) < 4.78 is 10.9. The van der Waals surface area contributed by atoms with E-state index >= 15 is 0 Å². The van der Waals surface area contributed by atoms with Gasteiger partial charge < -0.3 is 8.98 Å². The van der Waals surface area contributed by atoms with Crippen LogP contribution in [-0.4, -0.2) is 24.1 Å². The summed E-state index contributed by atoms with van der Waals surface area (Å²) in [6.45, 7) is 0. The Balaban J connectivity index is 1.05. The number of para-hydroxylation sites is 3. The van der Waals surface area contributed by atoms with Crippen molar-refractivity contribution in [1.82, 2.24) is 24.1 Å². The molecule has 0 spiro atoms. The second-order valence-electron chi connectivity index (χ2n) is 14.5. The SMILES string of the molecule is c1ccc(-c2nc3cc4c(cc3o2)c2cc(-c3ccc5c(c3)c3ccccc3n5-c3nc(-c5ccccc5)c5ccccc5n3)ccc2n4-c2ccccc2)cc1. The number of aromatic nitrogens is 5. The third kappa shape index (κ3) is 4.94. The van der Waals surface area contributed by atoms with Crippen LogP contribution < -0.4 is 0 Å². The van der Waals surface area contributed by atoms with Gasteiger partial charge >= 0.3 is 0 Å². The van der Waals surface area contributed by atoms with Crippen molar-refractivity contribution < 1.29 is 4.42 Å². The molecule has 4 heterocycles. The molecule has 0 radical (unpaired) electrons. The summed E-state index contributed by atoms with van der Waals surface area (Å²) >= 11 is 0. The molecule has 0 aliphatic rings. The van der Waals surface area contributed by atoms with Crippen molar-refractivity contribution in [2.75, 3.05) is 0 Å². The topological polar surface area (TPSA) is 61.7 Å². The van der Waals surface area contributed by atoms with Crippen LogP contribution in [0.1, 0.15) is 0 Å². The van der Waals surface area contributed by atoms with Gasteiger partial charge in [-0.1, -0.05) is 115 Å². The highest BCUT2D eigenvalue weighted by Crippen LogP contribution is 2.40. The third-order valence-electron chi connectivity index (χ3n) is 11.2. The van der Waals surface area contributed by atoms with E-state index in [9.17, 15) is 0 Å². The first kappa shape index (κ1) is 31.5. The molecule has 0 aliphatic carbocycles. The fourth-order valence-electron chi connectivity index (χ4n) is 8.53. The van der Waals surface area contributed by atoms with Gasteiger partial charge in [0.05, 0.1) is 33.3 Å². The Hall–Kier alpha value is -7.83.